The quantitative estimate of drug-likeness (QED) is 0.610. The van der Waals surface area contributed by atoms with E-state index in [1.165, 1.54) is 16.2 Å². The number of hydrogen-bond acceptors (Lipinski definition) is 3. The maximum Gasteiger partial charge on any atom is 0.178 e. The Bertz CT molecular complexity index is 242. The fourth-order valence-electron chi connectivity index (χ4n) is 0.829. The van der Waals surface area contributed by atoms with Gasteiger partial charge in [0.15, 0.2) is 11.3 Å². The zero-order valence-electron chi connectivity index (χ0n) is 6.05. The van der Waals surface area contributed by atoms with Gasteiger partial charge in [0.25, 0.3) is 0 Å². The minimum absolute atomic E-state index is 0.592. The molecule has 1 aromatic heterocycles. The fourth-order valence-corrected chi connectivity index (χ4v) is 1.65. The van der Waals surface area contributed by atoms with E-state index in [9.17, 15) is 4.79 Å². The molecule has 54 valence electrons. The summed E-state index contributed by atoms with van der Waals surface area (Å²) in [4.78, 5) is 15.5. The number of aromatic nitrogens is 1. The van der Waals surface area contributed by atoms with Gasteiger partial charge >= 0.3 is 0 Å². The van der Waals surface area contributed by atoms with E-state index in [1.54, 1.807) is 0 Å². The number of carbonyl (C=O) groups excluding carboxylic acids is 1. The van der Waals surface area contributed by atoms with Crippen LogP contribution in [-0.2, 0) is 6.42 Å². The van der Waals surface area contributed by atoms with Crippen molar-refractivity contribution in [3.63, 3.8) is 0 Å². The van der Waals surface area contributed by atoms with Crippen LogP contribution in [0.15, 0.2) is 0 Å². The first-order chi connectivity index (χ1) is 4.77. The van der Waals surface area contributed by atoms with Crippen molar-refractivity contribution in [1.29, 1.82) is 0 Å². The largest absolute Gasteiger partial charge is 0.295 e. The van der Waals surface area contributed by atoms with Crippen LogP contribution in [-0.4, -0.2) is 11.3 Å². The Labute approximate surface area is 63.9 Å². The number of rotatable bonds is 2. The van der Waals surface area contributed by atoms with Crippen molar-refractivity contribution < 1.29 is 4.79 Å². The lowest BCUT2D eigenvalue weighted by Gasteiger charge is -1.85. The second kappa shape index (κ2) is 2.92. The lowest BCUT2D eigenvalue weighted by atomic mass is 10.3. The summed E-state index contributed by atoms with van der Waals surface area (Å²) < 4.78 is 0. The highest BCUT2D eigenvalue weighted by molar-refractivity contribution is 7.13. The molecular formula is C7H9NOS. The molecule has 0 aliphatic carbocycles. The lowest BCUT2D eigenvalue weighted by molar-refractivity contribution is 0.112. The first kappa shape index (κ1) is 7.41. The van der Waals surface area contributed by atoms with Crippen molar-refractivity contribution >= 4 is 17.6 Å². The maximum absolute atomic E-state index is 10.2. The van der Waals surface area contributed by atoms with Gasteiger partial charge in [0.05, 0.1) is 5.69 Å². The SMILES string of the molecule is CCc1sc(C=O)nc1C. The normalized spacial score (nSPS) is 9.80. The van der Waals surface area contributed by atoms with Crippen LogP contribution in [0.25, 0.3) is 0 Å². The average molecular weight is 155 g/mol. The van der Waals surface area contributed by atoms with Crippen LogP contribution in [0.4, 0.5) is 0 Å². The van der Waals surface area contributed by atoms with Gasteiger partial charge in [0, 0.05) is 4.88 Å². The van der Waals surface area contributed by atoms with Gasteiger partial charge in [-0.15, -0.1) is 11.3 Å². The number of carbonyl (C=O) groups is 1. The molecule has 2 nitrogen and oxygen atoms in total. The number of nitrogens with zero attached hydrogens (tertiary/aromatic N) is 1. The molecule has 0 bridgehead atoms. The number of aryl methyl sites for hydroxylation is 2. The van der Waals surface area contributed by atoms with Crippen LogP contribution in [0, 0.1) is 6.92 Å². The van der Waals surface area contributed by atoms with Crippen molar-refractivity contribution in [3.05, 3.63) is 15.6 Å². The minimum atomic E-state index is 0.592. The molecule has 0 saturated heterocycles. The summed E-state index contributed by atoms with van der Waals surface area (Å²) in [7, 11) is 0. The van der Waals surface area contributed by atoms with Gasteiger partial charge in [-0.25, -0.2) is 4.98 Å². The Morgan fingerprint density at radius 3 is 2.70 bits per heavy atom. The summed E-state index contributed by atoms with van der Waals surface area (Å²) in [6, 6.07) is 0. The number of thiazole rings is 1. The topological polar surface area (TPSA) is 30.0 Å². The molecule has 1 aromatic rings. The van der Waals surface area contributed by atoms with E-state index in [2.05, 4.69) is 11.9 Å². The monoisotopic (exact) mass is 155 g/mol. The number of aldehydes is 1. The molecule has 0 atom stereocenters. The highest BCUT2D eigenvalue weighted by Crippen LogP contribution is 2.16. The van der Waals surface area contributed by atoms with E-state index >= 15 is 0 Å². The van der Waals surface area contributed by atoms with E-state index in [4.69, 9.17) is 0 Å². The van der Waals surface area contributed by atoms with Crippen molar-refractivity contribution in [3.8, 4) is 0 Å². The summed E-state index contributed by atoms with van der Waals surface area (Å²) in [5.41, 5.74) is 0.995. The third-order valence-corrected chi connectivity index (χ3v) is 2.56. The lowest BCUT2D eigenvalue weighted by Crippen LogP contribution is -1.78. The molecule has 3 heteroatoms. The van der Waals surface area contributed by atoms with E-state index in [0.29, 0.717) is 5.01 Å². The Hall–Kier alpha value is -0.700. The molecule has 10 heavy (non-hydrogen) atoms. The molecule has 0 fully saturated rings. The van der Waals surface area contributed by atoms with Crippen molar-refractivity contribution in [2.24, 2.45) is 0 Å². The summed E-state index contributed by atoms with van der Waals surface area (Å²) in [6.45, 7) is 4.00. The number of hydrogen-bond donors (Lipinski definition) is 0. The van der Waals surface area contributed by atoms with E-state index in [-0.39, 0.29) is 0 Å². The molecule has 0 spiro atoms. The summed E-state index contributed by atoms with van der Waals surface area (Å²) in [5.74, 6) is 0. The van der Waals surface area contributed by atoms with Crippen molar-refractivity contribution in [2.75, 3.05) is 0 Å². The highest BCUT2D eigenvalue weighted by Gasteiger charge is 2.02. The molecule has 0 unspecified atom stereocenters. The van der Waals surface area contributed by atoms with Crippen molar-refractivity contribution in [2.45, 2.75) is 20.3 Å². The molecule has 1 heterocycles. The summed E-state index contributed by atoms with van der Waals surface area (Å²) in [6.07, 6.45) is 1.77. The Kier molecular flexibility index (Phi) is 2.17. The Morgan fingerprint density at radius 1 is 1.70 bits per heavy atom. The zero-order valence-corrected chi connectivity index (χ0v) is 6.86. The van der Waals surface area contributed by atoms with Crippen LogP contribution in [0.2, 0.25) is 0 Å². The van der Waals surface area contributed by atoms with Gasteiger partial charge in [-0.1, -0.05) is 6.92 Å². The second-order valence-electron chi connectivity index (χ2n) is 2.03. The predicted molar refractivity (Wildman–Crippen MR) is 41.6 cm³/mol. The molecule has 0 aromatic carbocycles. The minimum Gasteiger partial charge on any atom is -0.295 e. The summed E-state index contributed by atoms with van der Waals surface area (Å²) in [5, 5.41) is 0.592. The first-order valence-electron chi connectivity index (χ1n) is 3.19. The van der Waals surface area contributed by atoms with Crippen LogP contribution in [0.3, 0.4) is 0 Å². The van der Waals surface area contributed by atoms with Gasteiger partial charge in [-0.2, -0.15) is 0 Å². The maximum atomic E-state index is 10.2. The molecule has 0 aliphatic heterocycles. The van der Waals surface area contributed by atoms with Crippen LogP contribution in [0.5, 0.6) is 0 Å². The van der Waals surface area contributed by atoms with Gasteiger partial charge in [-0.3, -0.25) is 4.79 Å². The first-order valence-corrected chi connectivity index (χ1v) is 4.01. The zero-order chi connectivity index (χ0) is 7.56. The van der Waals surface area contributed by atoms with Crippen LogP contribution < -0.4 is 0 Å². The standard InChI is InChI=1S/C7H9NOS/c1-3-6-5(2)8-7(4-9)10-6/h4H,3H2,1-2H3. The van der Waals surface area contributed by atoms with Crippen LogP contribution in [0.1, 0.15) is 27.3 Å². The van der Waals surface area contributed by atoms with Gasteiger partial charge in [0.1, 0.15) is 0 Å². The molecule has 0 amide bonds. The molecule has 0 aliphatic rings. The van der Waals surface area contributed by atoms with Crippen LogP contribution >= 0.6 is 11.3 Å². The van der Waals surface area contributed by atoms with Gasteiger partial charge < -0.3 is 0 Å². The van der Waals surface area contributed by atoms with E-state index < -0.39 is 0 Å². The second-order valence-corrected chi connectivity index (χ2v) is 3.15. The van der Waals surface area contributed by atoms with Gasteiger partial charge in [0.2, 0.25) is 0 Å². The van der Waals surface area contributed by atoms with E-state index in [1.807, 2.05) is 6.92 Å². The predicted octanol–water partition coefficient (Wildman–Crippen LogP) is 1.83. The van der Waals surface area contributed by atoms with E-state index in [0.717, 1.165) is 18.4 Å². The molecule has 0 N–H and O–H groups in total. The average Bonchev–Trinajstić information content (AvgIpc) is 2.30. The molecule has 0 saturated carbocycles. The third kappa shape index (κ3) is 1.24. The Balaban J connectivity index is 3.03. The van der Waals surface area contributed by atoms with Crippen molar-refractivity contribution in [1.82, 2.24) is 4.98 Å². The Morgan fingerprint density at radius 2 is 2.40 bits per heavy atom. The highest BCUT2D eigenvalue weighted by atomic mass is 32.1. The fraction of sp³-hybridized carbons (Fsp3) is 0.429. The molecule has 1 rings (SSSR count). The molecular weight excluding hydrogens is 146 g/mol. The third-order valence-electron chi connectivity index (χ3n) is 1.33. The molecule has 0 radical (unpaired) electrons. The smallest absolute Gasteiger partial charge is 0.178 e. The van der Waals surface area contributed by atoms with Gasteiger partial charge in [-0.05, 0) is 13.3 Å². The summed E-state index contributed by atoms with van der Waals surface area (Å²) >= 11 is 1.48.